The molecule has 0 aliphatic heterocycles. The van der Waals surface area contributed by atoms with Crippen molar-refractivity contribution in [1.29, 1.82) is 0 Å². The second-order valence-electron chi connectivity index (χ2n) is 5.86. The Balaban J connectivity index is 1.67. The summed E-state index contributed by atoms with van der Waals surface area (Å²) in [4.78, 5) is 12.5. The van der Waals surface area contributed by atoms with Crippen molar-refractivity contribution in [3.8, 4) is 11.5 Å². The Bertz CT molecular complexity index is 989. The minimum absolute atomic E-state index is 0.351. The third-order valence-corrected chi connectivity index (χ3v) is 4.42. The standard InChI is InChI=1S/C22H19BrN2O3/c1-27-20-11-4-2-8-17(20)14-24-25-22(26)19-10-3-5-12-21(19)28-15-16-7-6-9-18(23)13-16/h2-14H,15H2,1H3,(H,25,26)/b24-14-. The lowest BCUT2D eigenvalue weighted by Crippen LogP contribution is -2.18. The molecule has 142 valence electrons. The molecule has 0 saturated carbocycles. The van der Waals surface area contributed by atoms with Gasteiger partial charge in [0, 0.05) is 10.0 Å². The Kier molecular flexibility index (Phi) is 6.81. The van der Waals surface area contributed by atoms with Crippen LogP contribution >= 0.6 is 15.9 Å². The molecule has 0 heterocycles. The molecular weight excluding hydrogens is 420 g/mol. The zero-order valence-corrected chi connectivity index (χ0v) is 16.8. The maximum atomic E-state index is 12.5. The zero-order valence-electron chi connectivity index (χ0n) is 15.3. The van der Waals surface area contributed by atoms with Crippen molar-refractivity contribution in [2.24, 2.45) is 5.10 Å². The number of para-hydroxylation sites is 2. The van der Waals surface area contributed by atoms with Crippen molar-refractivity contribution in [1.82, 2.24) is 5.43 Å². The summed E-state index contributed by atoms with van der Waals surface area (Å²) in [6.07, 6.45) is 1.54. The first-order chi connectivity index (χ1) is 13.7. The van der Waals surface area contributed by atoms with E-state index >= 15 is 0 Å². The van der Waals surface area contributed by atoms with Crippen molar-refractivity contribution < 1.29 is 14.3 Å². The van der Waals surface area contributed by atoms with Crippen molar-refractivity contribution >= 4 is 28.1 Å². The lowest BCUT2D eigenvalue weighted by molar-refractivity contribution is 0.0950. The summed E-state index contributed by atoms with van der Waals surface area (Å²) in [5.41, 5.74) is 4.71. The SMILES string of the molecule is COc1ccccc1/C=N\NC(=O)c1ccccc1OCc1cccc(Br)c1. The predicted octanol–water partition coefficient (Wildman–Crippen LogP) is 4.80. The van der Waals surface area contributed by atoms with Crippen molar-refractivity contribution in [2.45, 2.75) is 6.61 Å². The van der Waals surface area contributed by atoms with Crippen molar-refractivity contribution in [3.63, 3.8) is 0 Å². The molecule has 3 aromatic rings. The highest BCUT2D eigenvalue weighted by molar-refractivity contribution is 9.10. The lowest BCUT2D eigenvalue weighted by Gasteiger charge is -2.10. The Labute approximate surface area is 172 Å². The first kappa shape index (κ1) is 19.6. The van der Waals surface area contributed by atoms with E-state index in [1.54, 1.807) is 31.5 Å². The number of halogens is 1. The van der Waals surface area contributed by atoms with E-state index in [9.17, 15) is 4.79 Å². The average Bonchev–Trinajstić information content (AvgIpc) is 2.73. The van der Waals surface area contributed by atoms with Gasteiger partial charge in [0.25, 0.3) is 5.91 Å². The fourth-order valence-corrected chi connectivity index (χ4v) is 3.01. The van der Waals surface area contributed by atoms with Crippen molar-refractivity contribution in [3.05, 3.63) is 94.0 Å². The van der Waals surface area contributed by atoms with Crippen molar-refractivity contribution in [2.75, 3.05) is 7.11 Å². The normalized spacial score (nSPS) is 10.6. The highest BCUT2D eigenvalue weighted by Crippen LogP contribution is 2.20. The number of benzene rings is 3. The molecule has 0 unspecified atom stereocenters. The van der Waals surface area contributed by atoms with E-state index in [2.05, 4.69) is 26.5 Å². The molecule has 0 saturated heterocycles. The summed E-state index contributed by atoms with van der Waals surface area (Å²) in [5, 5.41) is 4.03. The first-order valence-electron chi connectivity index (χ1n) is 8.60. The number of hydrogen-bond donors (Lipinski definition) is 1. The molecule has 1 amide bonds. The van der Waals surface area contributed by atoms with Gasteiger partial charge in [-0.2, -0.15) is 5.10 Å². The van der Waals surface area contributed by atoms with Gasteiger partial charge in [0.2, 0.25) is 0 Å². The van der Waals surface area contributed by atoms with Crippen LogP contribution in [0.3, 0.4) is 0 Å². The fourth-order valence-electron chi connectivity index (χ4n) is 2.56. The predicted molar refractivity (Wildman–Crippen MR) is 113 cm³/mol. The number of nitrogens with one attached hydrogen (secondary N) is 1. The Morgan fingerprint density at radius 3 is 2.57 bits per heavy atom. The average molecular weight is 439 g/mol. The Morgan fingerprint density at radius 2 is 1.79 bits per heavy atom. The maximum absolute atomic E-state index is 12.5. The number of nitrogens with zero attached hydrogens (tertiary/aromatic N) is 1. The topological polar surface area (TPSA) is 59.9 Å². The Hall–Kier alpha value is -3.12. The van der Waals surface area contributed by atoms with Crippen LogP contribution in [-0.2, 0) is 6.61 Å². The molecule has 5 nitrogen and oxygen atoms in total. The van der Waals surface area contributed by atoms with E-state index < -0.39 is 0 Å². The minimum Gasteiger partial charge on any atom is -0.496 e. The highest BCUT2D eigenvalue weighted by Gasteiger charge is 2.11. The van der Waals surface area contributed by atoms with E-state index in [1.165, 1.54) is 0 Å². The molecule has 0 aliphatic rings. The highest BCUT2D eigenvalue weighted by atomic mass is 79.9. The molecule has 0 aliphatic carbocycles. The summed E-state index contributed by atoms with van der Waals surface area (Å²) in [6, 6.07) is 22.3. The van der Waals surface area contributed by atoms with E-state index in [4.69, 9.17) is 9.47 Å². The number of carbonyl (C=O) groups excluding carboxylic acids is 1. The van der Waals surface area contributed by atoms with E-state index in [1.807, 2.05) is 54.6 Å². The monoisotopic (exact) mass is 438 g/mol. The van der Waals surface area contributed by atoms with Crippen LogP contribution in [0.25, 0.3) is 0 Å². The summed E-state index contributed by atoms with van der Waals surface area (Å²) < 4.78 is 12.1. The molecule has 0 spiro atoms. The number of ether oxygens (including phenoxy) is 2. The van der Waals surface area contributed by atoms with Crippen LogP contribution in [0.15, 0.2) is 82.4 Å². The van der Waals surface area contributed by atoms with Gasteiger partial charge in [-0.1, -0.05) is 52.3 Å². The van der Waals surface area contributed by atoms with Gasteiger partial charge < -0.3 is 9.47 Å². The van der Waals surface area contributed by atoms with Crippen LogP contribution in [0.5, 0.6) is 11.5 Å². The lowest BCUT2D eigenvalue weighted by atomic mass is 10.2. The van der Waals surface area contributed by atoms with Gasteiger partial charge in [0.1, 0.15) is 18.1 Å². The minimum atomic E-state index is -0.351. The summed E-state index contributed by atoms with van der Waals surface area (Å²) in [5.74, 6) is 0.821. The van der Waals surface area contributed by atoms with Gasteiger partial charge in [-0.3, -0.25) is 4.79 Å². The van der Waals surface area contributed by atoms with Gasteiger partial charge in [-0.15, -0.1) is 0 Å². The summed E-state index contributed by atoms with van der Waals surface area (Å²) >= 11 is 3.44. The van der Waals surface area contributed by atoms with E-state index in [0.29, 0.717) is 23.7 Å². The third-order valence-electron chi connectivity index (χ3n) is 3.92. The third kappa shape index (κ3) is 5.20. The second-order valence-corrected chi connectivity index (χ2v) is 6.77. The largest absolute Gasteiger partial charge is 0.496 e. The first-order valence-corrected chi connectivity index (χ1v) is 9.39. The zero-order chi connectivity index (χ0) is 19.8. The van der Waals surface area contributed by atoms with Gasteiger partial charge in [-0.25, -0.2) is 5.43 Å². The van der Waals surface area contributed by atoms with Crippen LogP contribution in [0.1, 0.15) is 21.5 Å². The summed E-state index contributed by atoms with van der Waals surface area (Å²) in [6.45, 7) is 0.355. The number of hydrogen-bond acceptors (Lipinski definition) is 4. The van der Waals surface area contributed by atoms with Crippen LogP contribution in [0.4, 0.5) is 0 Å². The molecule has 0 bridgehead atoms. The van der Waals surface area contributed by atoms with Crippen LogP contribution < -0.4 is 14.9 Å². The van der Waals surface area contributed by atoms with Gasteiger partial charge in [-0.05, 0) is 42.0 Å². The molecule has 0 fully saturated rings. The fraction of sp³-hybridized carbons (Fsp3) is 0.0909. The second kappa shape index (κ2) is 9.71. The van der Waals surface area contributed by atoms with Crippen LogP contribution in [0.2, 0.25) is 0 Å². The molecule has 0 aromatic heterocycles. The molecule has 1 N–H and O–H groups in total. The number of hydrazone groups is 1. The van der Waals surface area contributed by atoms with Gasteiger partial charge in [0.15, 0.2) is 0 Å². The quantitative estimate of drug-likeness (QED) is 0.425. The van der Waals surface area contributed by atoms with E-state index in [-0.39, 0.29) is 5.91 Å². The number of methoxy groups -OCH3 is 1. The molecule has 3 aromatic carbocycles. The summed E-state index contributed by atoms with van der Waals surface area (Å²) in [7, 11) is 1.59. The van der Waals surface area contributed by atoms with Gasteiger partial charge >= 0.3 is 0 Å². The molecule has 0 radical (unpaired) electrons. The molecular formula is C22H19BrN2O3. The van der Waals surface area contributed by atoms with Gasteiger partial charge in [0.05, 0.1) is 18.9 Å². The number of rotatable bonds is 7. The molecule has 28 heavy (non-hydrogen) atoms. The Morgan fingerprint density at radius 1 is 1.04 bits per heavy atom. The number of amides is 1. The van der Waals surface area contributed by atoms with Crippen LogP contribution in [-0.4, -0.2) is 19.2 Å². The molecule has 0 atom stereocenters. The van der Waals surface area contributed by atoms with Crippen LogP contribution in [0, 0.1) is 0 Å². The number of carbonyl (C=O) groups is 1. The molecule has 3 rings (SSSR count). The maximum Gasteiger partial charge on any atom is 0.275 e. The van der Waals surface area contributed by atoms with E-state index in [0.717, 1.165) is 15.6 Å². The smallest absolute Gasteiger partial charge is 0.275 e. The molecule has 6 heteroatoms.